The molecule has 2 rings (SSSR count). The van der Waals surface area contributed by atoms with Crippen molar-refractivity contribution in [3.05, 3.63) is 23.2 Å². The topological polar surface area (TPSA) is 80.0 Å². The normalized spacial score (nSPS) is 16.5. The Morgan fingerprint density at radius 1 is 1.58 bits per heavy atom. The predicted molar refractivity (Wildman–Crippen MR) is 83.3 cm³/mol. The van der Waals surface area contributed by atoms with Gasteiger partial charge in [0.15, 0.2) is 5.13 Å². The summed E-state index contributed by atoms with van der Waals surface area (Å²) < 4.78 is 0. The fourth-order valence-electron chi connectivity index (χ4n) is 1.68. The Labute approximate surface area is 128 Å². The van der Waals surface area contributed by atoms with Gasteiger partial charge in [-0.15, -0.1) is 36.2 Å². The van der Waals surface area contributed by atoms with E-state index in [1.165, 1.54) is 11.3 Å². The second kappa shape index (κ2) is 9.14. The van der Waals surface area contributed by atoms with Crippen LogP contribution in [0.25, 0.3) is 0 Å². The van der Waals surface area contributed by atoms with Gasteiger partial charge in [-0.2, -0.15) is 0 Å². The maximum atomic E-state index is 11.6. The van der Waals surface area contributed by atoms with E-state index in [0.29, 0.717) is 11.7 Å². The van der Waals surface area contributed by atoms with E-state index in [4.69, 9.17) is 5.73 Å². The molecule has 0 radical (unpaired) electrons. The molecule has 1 aromatic heterocycles. The number of nitrogens with one attached hydrogen (secondary N) is 2. The van der Waals surface area contributed by atoms with Crippen molar-refractivity contribution in [1.29, 1.82) is 0 Å². The molecule has 2 heterocycles. The van der Waals surface area contributed by atoms with Crippen molar-refractivity contribution in [2.75, 3.05) is 18.8 Å². The number of amides is 1. The van der Waals surface area contributed by atoms with Crippen LogP contribution in [-0.2, 0) is 11.2 Å². The van der Waals surface area contributed by atoms with Gasteiger partial charge in [0.25, 0.3) is 0 Å². The summed E-state index contributed by atoms with van der Waals surface area (Å²) in [5.74, 6) is 0.0385. The standard InChI is InChI=1S/C11H16N4OS.2ClH/c12-11-15-8(7-17-11)3-1-6-14-10(16)9-4-2-5-13-9;;/h2,4,7,9,13H,1,3,5-6H2,(H2,12,15)(H,14,16);2*1H. The molecule has 1 unspecified atom stereocenters. The second-order valence-electron chi connectivity index (χ2n) is 3.89. The molecule has 5 nitrogen and oxygen atoms in total. The molecule has 0 bridgehead atoms. The third kappa shape index (κ3) is 5.78. The molecule has 0 fully saturated rings. The summed E-state index contributed by atoms with van der Waals surface area (Å²) in [5, 5.41) is 8.52. The number of anilines is 1. The number of rotatable bonds is 5. The van der Waals surface area contributed by atoms with Crippen LogP contribution in [0.3, 0.4) is 0 Å². The van der Waals surface area contributed by atoms with Crippen molar-refractivity contribution in [1.82, 2.24) is 15.6 Å². The Hall–Kier alpha value is -0.820. The first kappa shape index (κ1) is 18.2. The van der Waals surface area contributed by atoms with Crippen molar-refractivity contribution in [2.45, 2.75) is 18.9 Å². The lowest BCUT2D eigenvalue weighted by Crippen LogP contribution is -2.40. The molecule has 1 aliphatic rings. The number of hydrogen-bond donors (Lipinski definition) is 3. The van der Waals surface area contributed by atoms with Crippen LogP contribution in [0.2, 0.25) is 0 Å². The van der Waals surface area contributed by atoms with Gasteiger partial charge in [0, 0.05) is 18.5 Å². The SMILES string of the molecule is Cl.Cl.Nc1nc(CCCNC(=O)C2C=CCN2)cs1. The van der Waals surface area contributed by atoms with Gasteiger partial charge in [0.1, 0.15) is 6.04 Å². The number of aryl methyl sites for hydroxylation is 1. The number of carbonyl (C=O) groups is 1. The fraction of sp³-hybridized carbons (Fsp3) is 0.455. The third-order valence-electron chi connectivity index (χ3n) is 2.55. The van der Waals surface area contributed by atoms with Gasteiger partial charge < -0.3 is 11.1 Å². The van der Waals surface area contributed by atoms with E-state index in [2.05, 4.69) is 15.6 Å². The largest absolute Gasteiger partial charge is 0.375 e. The lowest BCUT2D eigenvalue weighted by Gasteiger charge is -2.09. The second-order valence-corrected chi connectivity index (χ2v) is 4.78. The number of hydrogen-bond acceptors (Lipinski definition) is 5. The van der Waals surface area contributed by atoms with Crippen molar-refractivity contribution in [3.63, 3.8) is 0 Å². The Morgan fingerprint density at radius 3 is 2.95 bits per heavy atom. The number of nitrogens with zero attached hydrogens (tertiary/aromatic N) is 1. The van der Waals surface area contributed by atoms with Gasteiger partial charge in [-0.3, -0.25) is 10.1 Å². The van der Waals surface area contributed by atoms with Crippen LogP contribution >= 0.6 is 36.2 Å². The Bertz CT molecular complexity index is 425. The summed E-state index contributed by atoms with van der Waals surface area (Å²) in [4.78, 5) is 15.8. The highest BCUT2D eigenvalue weighted by Gasteiger charge is 2.16. The van der Waals surface area contributed by atoms with Crippen molar-refractivity contribution >= 4 is 47.2 Å². The number of nitrogen functional groups attached to an aromatic ring is 1. The van der Waals surface area contributed by atoms with Gasteiger partial charge in [0.05, 0.1) is 5.69 Å². The predicted octanol–water partition coefficient (Wildman–Crippen LogP) is 1.15. The monoisotopic (exact) mass is 324 g/mol. The van der Waals surface area contributed by atoms with E-state index >= 15 is 0 Å². The summed E-state index contributed by atoms with van der Waals surface area (Å²) in [6, 6.07) is -0.162. The first-order valence-corrected chi connectivity index (χ1v) is 6.51. The van der Waals surface area contributed by atoms with Crippen molar-refractivity contribution in [3.8, 4) is 0 Å². The highest BCUT2D eigenvalue weighted by atomic mass is 35.5. The first-order valence-electron chi connectivity index (χ1n) is 5.63. The molecule has 4 N–H and O–H groups in total. The molecular formula is C11H18Cl2N4OS. The summed E-state index contributed by atoms with van der Waals surface area (Å²) >= 11 is 1.45. The zero-order chi connectivity index (χ0) is 12.1. The number of halogens is 2. The zero-order valence-electron chi connectivity index (χ0n) is 10.3. The van der Waals surface area contributed by atoms with Crippen LogP contribution in [0, 0.1) is 0 Å². The summed E-state index contributed by atoms with van der Waals surface area (Å²) in [5.41, 5.74) is 6.54. The highest BCUT2D eigenvalue weighted by molar-refractivity contribution is 7.13. The van der Waals surface area contributed by atoms with Crippen LogP contribution in [0.5, 0.6) is 0 Å². The van der Waals surface area contributed by atoms with E-state index in [9.17, 15) is 4.79 Å². The molecule has 1 atom stereocenters. The van der Waals surface area contributed by atoms with E-state index in [-0.39, 0.29) is 36.8 Å². The molecule has 1 aromatic rings. The van der Waals surface area contributed by atoms with Crippen molar-refractivity contribution in [2.24, 2.45) is 0 Å². The Balaban J connectivity index is 0.00000162. The minimum atomic E-state index is -0.162. The van der Waals surface area contributed by atoms with Crippen LogP contribution in [0.15, 0.2) is 17.5 Å². The van der Waals surface area contributed by atoms with Crippen molar-refractivity contribution < 1.29 is 4.79 Å². The average Bonchev–Trinajstić information content (AvgIpc) is 2.95. The first-order chi connectivity index (χ1) is 8.25. The lowest BCUT2D eigenvalue weighted by molar-refractivity contribution is -0.121. The van der Waals surface area contributed by atoms with Crippen LogP contribution in [0.1, 0.15) is 12.1 Å². The van der Waals surface area contributed by atoms with Gasteiger partial charge in [-0.1, -0.05) is 12.2 Å². The number of thiazole rings is 1. The van der Waals surface area contributed by atoms with E-state index in [1.54, 1.807) is 0 Å². The minimum absolute atomic E-state index is 0. The maximum absolute atomic E-state index is 11.6. The third-order valence-corrected chi connectivity index (χ3v) is 3.27. The molecule has 0 spiro atoms. The molecule has 1 aliphatic heterocycles. The molecule has 8 heteroatoms. The number of carbonyl (C=O) groups excluding carboxylic acids is 1. The molecule has 0 saturated carbocycles. The average molecular weight is 325 g/mol. The van der Waals surface area contributed by atoms with Gasteiger partial charge in [0.2, 0.25) is 5.91 Å². The zero-order valence-corrected chi connectivity index (χ0v) is 12.7. The fourth-order valence-corrected chi connectivity index (χ4v) is 2.27. The molecule has 108 valence electrons. The molecule has 19 heavy (non-hydrogen) atoms. The Morgan fingerprint density at radius 2 is 2.37 bits per heavy atom. The number of nitrogens with two attached hydrogens (primary N) is 1. The summed E-state index contributed by atoms with van der Waals surface area (Å²) in [6.07, 6.45) is 5.58. The molecule has 0 saturated heterocycles. The molecule has 0 aliphatic carbocycles. The molecule has 1 amide bonds. The number of aromatic nitrogens is 1. The van der Waals surface area contributed by atoms with E-state index in [0.717, 1.165) is 25.1 Å². The Kier molecular flexibility index (Phi) is 8.75. The quantitative estimate of drug-likeness (QED) is 0.560. The summed E-state index contributed by atoms with van der Waals surface area (Å²) in [6.45, 7) is 1.44. The van der Waals surface area contributed by atoms with Gasteiger partial charge >= 0.3 is 0 Å². The maximum Gasteiger partial charge on any atom is 0.241 e. The van der Waals surface area contributed by atoms with Gasteiger partial charge in [-0.05, 0) is 12.8 Å². The van der Waals surface area contributed by atoms with Crippen LogP contribution in [-0.4, -0.2) is 30.0 Å². The minimum Gasteiger partial charge on any atom is -0.375 e. The molecular weight excluding hydrogens is 307 g/mol. The molecule has 0 aromatic carbocycles. The van der Waals surface area contributed by atoms with E-state index < -0.39 is 0 Å². The van der Waals surface area contributed by atoms with Crippen LogP contribution in [0.4, 0.5) is 5.13 Å². The van der Waals surface area contributed by atoms with E-state index in [1.807, 2.05) is 17.5 Å². The lowest BCUT2D eigenvalue weighted by atomic mass is 10.2. The van der Waals surface area contributed by atoms with Crippen LogP contribution < -0.4 is 16.4 Å². The smallest absolute Gasteiger partial charge is 0.241 e. The highest BCUT2D eigenvalue weighted by Crippen LogP contribution is 2.12. The summed E-state index contributed by atoms with van der Waals surface area (Å²) in [7, 11) is 0. The van der Waals surface area contributed by atoms with Gasteiger partial charge in [-0.25, -0.2) is 4.98 Å².